The molecular formula is C29H26ClN3O4. The zero-order chi connectivity index (χ0) is 26.2. The molecule has 0 radical (unpaired) electrons. The number of hydrogen-bond donors (Lipinski definition) is 0. The normalized spacial score (nSPS) is 14.1. The van der Waals surface area contributed by atoms with E-state index in [1.54, 1.807) is 26.4 Å². The van der Waals surface area contributed by atoms with Gasteiger partial charge in [-0.1, -0.05) is 11.6 Å². The summed E-state index contributed by atoms with van der Waals surface area (Å²) in [6, 6.07) is 20.6. The Morgan fingerprint density at radius 3 is 2.16 bits per heavy atom. The van der Waals surface area contributed by atoms with Crippen LogP contribution in [0.1, 0.15) is 29.8 Å². The number of benzene rings is 3. The van der Waals surface area contributed by atoms with E-state index in [0.717, 1.165) is 34.7 Å². The minimum atomic E-state index is -0.399. The molecule has 37 heavy (non-hydrogen) atoms. The molecule has 0 unspecified atom stereocenters. The maximum atomic E-state index is 12.2. The third-order valence-electron chi connectivity index (χ3n) is 6.16. The van der Waals surface area contributed by atoms with Gasteiger partial charge in [0.2, 0.25) is 5.90 Å². The van der Waals surface area contributed by atoms with Crippen LogP contribution in [0.15, 0.2) is 71.7 Å². The average Bonchev–Trinajstić information content (AvgIpc) is 3.51. The van der Waals surface area contributed by atoms with Crippen molar-refractivity contribution in [1.29, 1.82) is 0 Å². The Balaban J connectivity index is 1.75. The second-order valence-electron chi connectivity index (χ2n) is 9.28. The summed E-state index contributed by atoms with van der Waals surface area (Å²) in [7, 11) is 3.26. The van der Waals surface area contributed by atoms with Crippen LogP contribution in [0.3, 0.4) is 0 Å². The highest BCUT2D eigenvalue weighted by Crippen LogP contribution is 2.37. The van der Waals surface area contributed by atoms with Gasteiger partial charge in [0.15, 0.2) is 6.29 Å². The van der Waals surface area contributed by atoms with Crippen molar-refractivity contribution in [3.8, 4) is 39.7 Å². The van der Waals surface area contributed by atoms with Crippen LogP contribution in [-0.4, -0.2) is 48.3 Å². The zero-order valence-corrected chi connectivity index (χ0v) is 21.7. The summed E-state index contributed by atoms with van der Waals surface area (Å²) in [5.74, 6) is 1.89. The van der Waals surface area contributed by atoms with Crippen molar-refractivity contribution in [3.05, 3.63) is 82.9 Å². The van der Waals surface area contributed by atoms with Crippen LogP contribution < -0.4 is 9.47 Å². The van der Waals surface area contributed by atoms with Gasteiger partial charge >= 0.3 is 0 Å². The Bertz CT molecular complexity index is 1420. The fourth-order valence-electron chi connectivity index (χ4n) is 4.28. The topological polar surface area (TPSA) is 74.9 Å². The summed E-state index contributed by atoms with van der Waals surface area (Å²) in [5.41, 5.74) is 4.29. The summed E-state index contributed by atoms with van der Waals surface area (Å²) in [4.78, 5) is 16.9. The van der Waals surface area contributed by atoms with Crippen molar-refractivity contribution < 1.29 is 19.0 Å². The molecule has 1 aliphatic heterocycles. The predicted octanol–water partition coefficient (Wildman–Crippen LogP) is 6.24. The fourth-order valence-corrected chi connectivity index (χ4v) is 4.52. The summed E-state index contributed by atoms with van der Waals surface area (Å²) in [5, 5.41) is 5.39. The molecule has 0 fully saturated rings. The molecule has 0 spiro atoms. The van der Waals surface area contributed by atoms with Crippen molar-refractivity contribution >= 4 is 23.8 Å². The highest BCUT2D eigenvalue weighted by molar-refractivity contribution is 6.35. The second kappa shape index (κ2) is 9.75. The van der Waals surface area contributed by atoms with E-state index in [0.29, 0.717) is 39.9 Å². The van der Waals surface area contributed by atoms with Gasteiger partial charge in [0.25, 0.3) is 0 Å². The number of rotatable bonds is 7. The van der Waals surface area contributed by atoms with Gasteiger partial charge in [0, 0.05) is 16.7 Å². The lowest BCUT2D eigenvalue weighted by Gasteiger charge is -2.12. The molecule has 1 aromatic heterocycles. The number of hydrogen-bond acceptors (Lipinski definition) is 6. The number of nitrogens with zero attached hydrogens (tertiary/aromatic N) is 3. The first-order chi connectivity index (χ1) is 17.8. The van der Waals surface area contributed by atoms with Gasteiger partial charge in [-0.15, -0.1) is 0 Å². The van der Waals surface area contributed by atoms with Gasteiger partial charge in [-0.2, -0.15) is 5.10 Å². The highest BCUT2D eigenvalue weighted by Gasteiger charge is 2.31. The second-order valence-corrected chi connectivity index (χ2v) is 9.68. The molecular weight excluding hydrogens is 490 g/mol. The summed E-state index contributed by atoms with van der Waals surface area (Å²) >= 11 is 6.69. The number of carbonyl (C=O) groups excluding carboxylic acids is 1. The molecule has 0 bridgehead atoms. The molecule has 8 heteroatoms. The summed E-state index contributed by atoms with van der Waals surface area (Å²) < 4.78 is 18.4. The van der Waals surface area contributed by atoms with Gasteiger partial charge in [-0.3, -0.25) is 4.79 Å². The molecule has 0 N–H and O–H groups in total. The molecule has 3 aromatic carbocycles. The Morgan fingerprint density at radius 1 is 0.946 bits per heavy atom. The lowest BCUT2D eigenvalue weighted by molar-refractivity contribution is 0.112. The van der Waals surface area contributed by atoms with E-state index in [9.17, 15) is 4.79 Å². The number of aldehydes is 1. The SMILES string of the molecule is COc1ccc(-c2cc(-c3c(C=O)ccc(Cl)c3C3=NC(C)(C)CO3)nn2-c2ccc(OC)cc2)cc1. The van der Waals surface area contributed by atoms with Gasteiger partial charge in [0.05, 0.1) is 47.4 Å². The number of aliphatic imine (C=N–C) groups is 1. The number of aromatic nitrogens is 2. The minimum absolute atomic E-state index is 0.399. The third-order valence-corrected chi connectivity index (χ3v) is 6.48. The van der Waals surface area contributed by atoms with Gasteiger partial charge in [-0.25, -0.2) is 9.67 Å². The summed E-state index contributed by atoms with van der Waals surface area (Å²) in [6.45, 7) is 4.38. The molecule has 0 saturated heterocycles. The number of methoxy groups -OCH3 is 2. The number of ether oxygens (including phenoxy) is 3. The monoisotopic (exact) mass is 515 g/mol. The first-order valence-corrected chi connectivity index (χ1v) is 12.1. The van der Waals surface area contributed by atoms with E-state index in [1.165, 1.54) is 0 Å². The average molecular weight is 516 g/mol. The third kappa shape index (κ3) is 4.70. The van der Waals surface area contributed by atoms with Gasteiger partial charge in [0.1, 0.15) is 18.1 Å². The van der Waals surface area contributed by atoms with Crippen LogP contribution in [-0.2, 0) is 4.74 Å². The molecule has 0 amide bonds. The van der Waals surface area contributed by atoms with Crippen molar-refractivity contribution in [2.24, 2.45) is 4.99 Å². The van der Waals surface area contributed by atoms with Gasteiger partial charge in [-0.05, 0) is 80.6 Å². The van der Waals surface area contributed by atoms with Crippen molar-refractivity contribution in [3.63, 3.8) is 0 Å². The van der Waals surface area contributed by atoms with Crippen LogP contribution in [0.2, 0.25) is 5.02 Å². The van der Waals surface area contributed by atoms with E-state index in [1.807, 2.05) is 73.1 Å². The Hall–Kier alpha value is -4.10. The van der Waals surface area contributed by atoms with E-state index < -0.39 is 5.54 Å². The molecule has 5 rings (SSSR count). The number of halogens is 1. The smallest absolute Gasteiger partial charge is 0.219 e. The molecule has 0 saturated carbocycles. The van der Waals surface area contributed by atoms with E-state index in [-0.39, 0.29) is 0 Å². The van der Waals surface area contributed by atoms with Crippen LogP contribution in [0.5, 0.6) is 11.5 Å². The standard InChI is InChI=1S/C29H26ClN3O4/c1-29(2)17-37-28(31-29)27-23(30)14-7-19(16-34)26(27)24-15-25(18-5-10-21(35-3)11-6-18)33(32-24)20-8-12-22(36-4)13-9-20/h5-16H,17H2,1-4H3. The van der Waals surface area contributed by atoms with Gasteiger partial charge < -0.3 is 14.2 Å². The molecule has 7 nitrogen and oxygen atoms in total. The maximum absolute atomic E-state index is 12.2. The summed E-state index contributed by atoms with van der Waals surface area (Å²) in [6.07, 6.45) is 0.801. The molecule has 4 aromatic rings. The first-order valence-electron chi connectivity index (χ1n) is 11.7. The first kappa shape index (κ1) is 24.6. The Kier molecular flexibility index (Phi) is 6.48. The molecule has 188 valence electrons. The van der Waals surface area contributed by atoms with E-state index >= 15 is 0 Å². The van der Waals surface area contributed by atoms with Crippen LogP contribution >= 0.6 is 11.6 Å². The molecule has 0 aliphatic carbocycles. The van der Waals surface area contributed by atoms with Crippen molar-refractivity contribution in [2.75, 3.05) is 20.8 Å². The highest BCUT2D eigenvalue weighted by atomic mass is 35.5. The zero-order valence-electron chi connectivity index (χ0n) is 21.0. The fraction of sp³-hybridized carbons (Fsp3) is 0.207. The largest absolute Gasteiger partial charge is 0.497 e. The molecule has 0 atom stereocenters. The maximum Gasteiger partial charge on any atom is 0.219 e. The van der Waals surface area contributed by atoms with Crippen molar-refractivity contribution in [2.45, 2.75) is 19.4 Å². The lowest BCUT2D eigenvalue weighted by atomic mass is 9.97. The molecule has 1 aliphatic rings. The van der Waals surface area contributed by atoms with Crippen LogP contribution in [0.4, 0.5) is 0 Å². The van der Waals surface area contributed by atoms with E-state index in [2.05, 4.69) is 0 Å². The van der Waals surface area contributed by atoms with Crippen LogP contribution in [0.25, 0.3) is 28.2 Å². The minimum Gasteiger partial charge on any atom is -0.497 e. The predicted molar refractivity (Wildman–Crippen MR) is 145 cm³/mol. The Morgan fingerprint density at radius 2 is 1.59 bits per heavy atom. The van der Waals surface area contributed by atoms with E-state index in [4.69, 9.17) is 35.9 Å². The lowest BCUT2D eigenvalue weighted by Crippen LogP contribution is -2.17. The van der Waals surface area contributed by atoms with Crippen LogP contribution in [0, 0.1) is 0 Å². The number of carbonyl (C=O) groups is 1. The Labute approximate surface area is 220 Å². The molecule has 2 heterocycles. The van der Waals surface area contributed by atoms with Crippen molar-refractivity contribution in [1.82, 2.24) is 9.78 Å². The quantitative estimate of drug-likeness (QED) is 0.272.